The number of hydrogen-bond acceptors (Lipinski definition) is 3. The molecular weight excluding hydrogens is 226 g/mol. The van der Waals surface area contributed by atoms with E-state index in [4.69, 9.17) is 0 Å². The summed E-state index contributed by atoms with van der Waals surface area (Å²) in [5.74, 6) is 0. The van der Waals surface area contributed by atoms with Crippen molar-refractivity contribution in [1.29, 1.82) is 0 Å². The largest absolute Gasteiger partial charge is 0.393 e. The highest BCUT2D eigenvalue weighted by Crippen LogP contribution is 2.28. The van der Waals surface area contributed by atoms with Gasteiger partial charge in [0.05, 0.1) is 6.10 Å². The van der Waals surface area contributed by atoms with Crippen LogP contribution in [0.25, 0.3) is 0 Å². The monoisotopic (exact) mass is 251 g/mol. The van der Waals surface area contributed by atoms with E-state index in [-0.39, 0.29) is 11.5 Å². The Kier molecular flexibility index (Phi) is 4.40. The Hall–Kier alpha value is -0.870. The molecule has 0 aromatic carbocycles. The maximum atomic E-state index is 9.88. The van der Waals surface area contributed by atoms with Crippen molar-refractivity contribution in [2.45, 2.75) is 45.8 Å². The fourth-order valence-corrected chi connectivity index (χ4v) is 2.90. The van der Waals surface area contributed by atoms with Crippen LogP contribution in [0.2, 0.25) is 0 Å². The van der Waals surface area contributed by atoms with Gasteiger partial charge in [0.15, 0.2) is 0 Å². The van der Waals surface area contributed by atoms with Gasteiger partial charge in [-0.05, 0) is 37.3 Å². The van der Waals surface area contributed by atoms with Gasteiger partial charge < -0.3 is 10.0 Å². The van der Waals surface area contributed by atoms with E-state index >= 15 is 0 Å². The van der Waals surface area contributed by atoms with Crippen LogP contribution in [0.1, 0.15) is 33.1 Å². The van der Waals surface area contributed by atoms with Gasteiger partial charge in [0.1, 0.15) is 0 Å². The second-order valence-corrected chi connectivity index (χ2v) is 6.21. The molecule has 0 unspecified atom stereocenters. The molecule has 0 bridgehead atoms. The van der Waals surface area contributed by atoms with Crippen LogP contribution in [-0.2, 0) is 6.54 Å². The van der Waals surface area contributed by atoms with Gasteiger partial charge in [-0.25, -0.2) is 0 Å². The standard InChI is InChI=1S/C14H25N3O/c1-14(2)11-13(18)5-10-16(12-14)7-4-9-17-8-3-6-15-17/h3,6,8,13,18H,4-5,7,9-12H2,1-2H3/t13-/m0/s1. The minimum absolute atomic E-state index is 0.129. The molecule has 0 aliphatic carbocycles. The Morgan fingerprint density at radius 3 is 2.94 bits per heavy atom. The highest BCUT2D eigenvalue weighted by molar-refractivity contribution is 4.82. The van der Waals surface area contributed by atoms with Crippen molar-refractivity contribution in [3.8, 4) is 0 Å². The van der Waals surface area contributed by atoms with Crippen LogP contribution in [0.5, 0.6) is 0 Å². The molecule has 1 aromatic heterocycles. The highest BCUT2D eigenvalue weighted by Gasteiger charge is 2.28. The minimum atomic E-state index is -0.129. The van der Waals surface area contributed by atoms with Gasteiger partial charge in [-0.2, -0.15) is 5.10 Å². The molecule has 1 fully saturated rings. The van der Waals surface area contributed by atoms with E-state index in [1.54, 1.807) is 0 Å². The van der Waals surface area contributed by atoms with Crippen molar-refractivity contribution in [2.24, 2.45) is 5.41 Å². The molecule has 2 heterocycles. The van der Waals surface area contributed by atoms with Crippen molar-refractivity contribution >= 4 is 0 Å². The molecule has 1 aromatic rings. The Morgan fingerprint density at radius 2 is 2.22 bits per heavy atom. The number of hydrogen-bond donors (Lipinski definition) is 1. The molecule has 0 amide bonds. The molecule has 0 radical (unpaired) electrons. The summed E-state index contributed by atoms with van der Waals surface area (Å²) in [4.78, 5) is 2.49. The lowest BCUT2D eigenvalue weighted by Crippen LogP contribution is -2.33. The second kappa shape index (κ2) is 5.85. The second-order valence-electron chi connectivity index (χ2n) is 6.21. The zero-order valence-corrected chi connectivity index (χ0v) is 11.5. The molecule has 2 rings (SSSR count). The number of aryl methyl sites for hydroxylation is 1. The van der Waals surface area contributed by atoms with Gasteiger partial charge >= 0.3 is 0 Å². The third kappa shape index (κ3) is 4.10. The SMILES string of the molecule is CC1(C)C[C@@H](O)CCN(CCCn2cccn2)C1. The molecule has 1 atom stereocenters. The summed E-state index contributed by atoms with van der Waals surface area (Å²) in [5, 5.41) is 14.1. The Balaban J connectivity index is 1.78. The molecule has 4 heteroatoms. The average Bonchev–Trinajstić information content (AvgIpc) is 2.73. The van der Waals surface area contributed by atoms with Crippen LogP contribution in [0.15, 0.2) is 18.5 Å². The van der Waals surface area contributed by atoms with Crippen LogP contribution in [0.3, 0.4) is 0 Å². The van der Waals surface area contributed by atoms with E-state index in [1.807, 2.05) is 23.1 Å². The number of rotatable bonds is 4. The van der Waals surface area contributed by atoms with E-state index in [2.05, 4.69) is 23.8 Å². The average molecular weight is 251 g/mol. The van der Waals surface area contributed by atoms with E-state index in [9.17, 15) is 5.11 Å². The summed E-state index contributed by atoms with van der Waals surface area (Å²) in [7, 11) is 0. The predicted octanol–water partition coefficient (Wildman–Crippen LogP) is 1.76. The molecule has 18 heavy (non-hydrogen) atoms. The molecule has 4 nitrogen and oxygen atoms in total. The summed E-state index contributed by atoms with van der Waals surface area (Å²) >= 11 is 0. The summed E-state index contributed by atoms with van der Waals surface area (Å²) in [6.07, 6.45) is 6.65. The van der Waals surface area contributed by atoms with Crippen LogP contribution in [0.4, 0.5) is 0 Å². The fourth-order valence-electron chi connectivity index (χ4n) is 2.90. The van der Waals surface area contributed by atoms with Crippen LogP contribution in [-0.4, -0.2) is 45.5 Å². The lowest BCUT2D eigenvalue weighted by molar-refractivity contribution is 0.121. The van der Waals surface area contributed by atoms with Crippen molar-refractivity contribution in [3.05, 3.63) is 18.5 Å². The molecule has 1 aliphatic rings. The van der Waals surface area contributed by atoms with E-state index in [0.29, 0.717) is 0 Å². The molecular formula is C14H25N3O. The van der Waals surface area contributed by atoms with Crippen molar-refractivity contribution in [3.63, 3.8) is 0 Å². The molecule has 1 saturated heterocycles. The normalized spacial score (nSPS) is 24.9. The van der Waals surface area contributed by atoms with Gasteiger partial charge in [-0.1, -0.05) is 13.8 Å². The lowest BCUT2D eigenvalue weighted by atomic mass is 9.87. The molecule has 102 valence electrons. The van der Waals surface area contributed by atoms with Gasteiger partial charge in [0, 0.05) is 32.0 Å². The molecule has 1 aliphatic heterocycles. The van der Waals surface area contributed by atoms with E-state index < -0.39 is 0 Å². The van der Waals surface area contributed by atoms with E-state index in [1.165, 1.54) is 0 Å². The first-order chi connectivity index (χ1) is 8.55. The van der Waals surface area contributed by atoms with Gasteiger partial charge in [0.25, 0.3) is 0 Å². The number of aliphatic hydroxyl groups is 1. The Morgan fingerprint density at radius 1 is 1.39 bits per heavy atom. The zero-order chi connectivity index (χ0) is 13.0. The van der Waals surface area contributed by atoms with Crippen LogP contribution < -0.4 is 0 Å². The number of aromatic nitrogens is 2. The minimum Gasteiger partial charge on any atom is -0.393 e. The van der Waals surface area contributed by atoms with Gasteiger partial charge in [-0.15, -0.1) is 0 Å². The van der Waals surface area contributed by atoms with Gasteiger partial charge in [-0.3, -0.25) is 4.68 Å². The van der Waals surface area contributed by atoms with Crippen LogP contribution >= 0.6 is 0 Å². The van der Waals surface area contributed by atoms with Crippen molar-refractivity contribution in [2.75, 3.05) is 19.6 Å². The van der Waals surface area contributed by atoms with Crippen LogP contribution in [0, 0.1) is 5.41 Å². The number of nitrogens with zero attached hydrogens (tertiary/aromatic N) is 3. The summed E-state index contributed by atoms with van der Waals surface area (Å²) in [6.45, 7) is 8.68. The van der Waals surface area contributed by atoms with E-state index in [0.717, 1.165) is 45.4 Å². The first-order valence-corrected chi connectivity index (χ1v) is 6.93. The smallest absolute Gasteiger partial charge is 0.0558 e. The van der Waals surface area contributed by atoms with Crippen molar-refractivity contribution < 1.29 is 5.11 Å². The first-order valence-electron chi connectivity index (χ1n) is 6.93. The third-order valence-electron chi connectivity index (χ3n) is 3.64. The molecule has 1 N–H and O–H groups in total. The van der Waals surface area contributed by atoms with Gasteiger partial charge in [0.2, 0.25) is 0 Å². The summed E-state index contributed by atoms with van der Waals surface area (Å²) in [6, 6.07) is 1.96. The Bertz CT molecular complexity index is 348. The molecule has 0 spiro atoms. The molecule has 0 saturated carbocycles. The fraction of sp³-hybridized carbons (Fsp3) is 0.786. The maximum absolute atomic E-state index is 9.88. The van der Waals surface area contributed by atoms with Crippen molar-refractivity contribution in [1.82, 2.24) is 14.7 Å². The highest BCUT2D eigenvalue weighted by atomic mass is 16.3. The number of aliphatic hydroxyl groups excluding tert-OH is 1. The Labute approximate surface area is 110 Å². The predicted molar refractivity (Wildman–Crippen MR) is 72.3 cm³/mol. The zero-order valence-electron chi connectivity index (χ0n) is 11.5. The number of likely N-dealkylation sites (tertiary alicyclic amines) is 1. The first kappa shape index (κ1) is 13.6. The summed E-state index contributed by atoms with van der Waals surface area (Å²) < 4.78 is 1.98. The third-order valence-corrected chi connectivity index (χ3v) is 3.64. The summed E-state index contributed by atoms with van der Waals surface area (Å²) in [5.41, 5.74) is 0.224. The topological polar surface area (TPSA) is 41.3 Å². The quantitative estimate of drug-likeness (QED) is 0.886. The lowest BCUT2D eigenvalue weighted by Gasteiger charge is -2.29. The maximum Gasteiger partial charge on any atom is 0.0558 e.